The Labute approximate surface area is 234 Å². The van der Waals surface area contributed by atoms with Gasteiger partial charge in [-0.3, -0.25) is 19.8 Å². The summed E-state index contributed by atoms with van der Waals surface area (Å²) in [6.45, 7) is 7.55. The summed E-state index contributed by atoms with van der Waals surface area (Å²) in [6, 6.07) is 7.60. The Morgan fingerprint density at radius 3 is 2.60 bits per heavy atom. The molecule has 0 spiro atoms. The minimum atomic E-state index is -0.477. The summed E-state index contributed by atoms with van der Waals surface area (Å²) in [4.78, 5) is 37.3. The Balaban J connectivity index is 1.37. The van der Waals surface area contributed by atoms with Crippen molar-refractivity contribution in [1.82, 2.24) is 24.8 Å². The van der Waals surface area contributed by atoms with Crippen LogP contribution in [0.4, 0.5) is 10.3 Å². The van der Waals surface area contributed by atoms with Crippen molar-refractivity contribution in [1.29, 1.82) is 0 Å². The Morgan fingerprint density at radius 2 is 1.88 bits per heavy atom. The van der Waals surface area contributed by atoms with Gasteiger partial charge in [-0.25, -0.2) is 14.4 Å². The Hall–Kier alpha value is -3.53. The van der Waals surface area contributed by atoms with Gasteiger partial charge in [-0.15, -0.1) is 0 Å². The van der Waals surface area contributed by atoms with Gasteiger partial charge in [-0.1, -0.05) is 12.5 Å². The van der Waals surface area contributed by atoms with Crippen LogP contribution in [-0.4, -0.2) is 63.5 Å². The van der Waals surface area contributed by atoms with E-state index >= 15 is 0 Å². The molecular formula is C30H39FN6O3. The largest absolute Gasteiger partial charge is 0.476 e. The molecule has 0 unspecified atom stereocenters. The molecule has 1 aliphatic heterocycles. The number of nitrogens with one attached hydrogen (secondary N) is 2. The highest BCUT2D eigenvalue weighted by atomic mass is 19.1. The third kappa shape index (κ3) is 6.78. The Bertz CT molecular complexity index is 1330. The van der Waals surface area contributed by atoms with Crippen molar-refractivity contribution >= 4 is 28.8 Å². The van der Waals surface area contributed by atoms with E-state index in [1.54, 1.807) is 12.3 Å². The number of aromatic nitrogens is 3. The fourth-order valence-electron chi connectivity index (χ4n) is 5.78. The molecule has 2 amide bonds. The molecule has 2 N–H and O–H groups in total. The number of nitrogens with zero attached hydrogens (tertiary/aromatic N) is 4. The van der Waals surface area contributed by atoms with E-state index in [4.69, 9.17) is 9.72 Å². The van der Waals surface area contributed by atoms with Crippen LogP contribution < -0.4 is 15.4 Å². The minimum Gasteiger partial charge on any atom is -0.476 e. The van der Waals surface area contributed by atoms with E-state index in [0.29, 0.717) is 24.0 Å². The smallest absolute Gasteiger partial charge is 0.258 e. The number of hydrogen-bond donors (Lipinski definition) is 2. The third-order valence-electron chi connectivity index (χ3n) is 7.83. The molecule has 3 aromatic rings. The number of anilines is 1. The molecule has 0 atom stereocenters. The van der Waals surface area contributed by atoms with Crippen molar-refractivity contribution < 1.29 is 18.7 Å². The molecule has 1 aromatic carbocycles. The molecule has 3 heterocycles. The number of likely N-dealkylation sites (tertiary alicyclic amines) is 1. The number of halogens is 1. The number of rotatable bonds is 9. The van der Waals surface area contributed by atoms with Gasteiger partial charge >= 0.3 is 0 Å². The molecule has 1 saturated heterocycles. The second kappa shape index (κ2) is 12.8. The van der Waals surface area contributed by atoms with Gasteiger partial charge in [0, 0.05) is 36.2 Å². The Morgan fingerprint density at radius 1 is 1.10 bits per heavy atom. The number of amides is 2. The number of hydrogen-bond acceptors (Lipinski definition) is 6. The zero-order chi connectivity index (χ0) is 28.1. The van der Waals surface area contributed by atoms with Crippen LogP contribution in [0.15, 0.2) is 36.5 Å². The van der Waals surface area contributed by atoms with E-state index in [2.05, 4.69) is 20.5 Å². The second-order valence-corrected chi connectivity index (χ2v) is 11.2. The van der Waals surface area contributed by atoms with Crippen molar-refractivity contribution in [3.63, 3.8) is 0 Å². The number of carbonyl (C=O) groups excluding carboxylic acids is 2. The number of fused-ring (bicyclic) bond motifs is 1. The topological polar surface area (TPSA) is 101 Å². The van der Waals surface area contributed by atoms with E-state index < -0.39 is 11.7 Å². The van der Waals surface area contributed by atoms with E-state index in [1.165, 1.54) is 37.5 Å². The molecule has 2 aliphatic rings. The number of carbonyl (C=O) groups is 2. The predicted molar refractivity (Wildman–Crippen MR) is 152 cm³/mol. The van der Waals surface area contributed by atoms with Crippen molar-refractivity contribution in [2.24, 2.45) is 5.92 Å². The van der Waals surface area contributed by atoms with Gasteiger partial charge in [0.1, 0.15) is 17.9 Å². The number of imidazole rings is 1. The second-order valence-electron chi connectivity index (χ2n) is 11.2. The highest BCUT2D eigenvalue weighted by Crippen LogP contribution is 2.37. The standard InChI is InChI=1S/C30H39FN6O3/c1-20(2)33-28(38)21-9-11-24(12-10-21)37-26-18-27(40-16-15-36-13-4-3-5-14-36)32-19-25(26)34-30(37)35-29(39)22-7-6-8-23(31)17-22/h6-8,17-21,24H,3-5,9-16H2,1-2H3,(H,33,38)(H,34,35,39). The molecule has 0 bridgehead atoms. The molecule has 214 valence electrons. The summed E-state index contributed by atoms with van der Waals surface area (Å²) in [5.41, 5.74) is 1.66. The van der Waals surface area contributed by atoms with Crippen LogP contribution in [0.1, 0.15) is 75.2 Å². The SMILES string of the molecule is CC(C)NC(=O)C1CCC(n2c(NC(=O)c3cccc(F)c3)nc3cnc(OCCN4CCCCC4)cc32)CC1. The maximum atomic E-state index is 13.8. The van der Waals surface area contributed by atoms with Gasteiger partial charge < -0.3 is 14.6 Å². The summed E-state index contributed by atoms with van der Waals surface area (Å²) >= 11 is 0. The van der Waals surface area contributed by atoms with E-state index in [9.17, 15) is 14.0 Å². The normalized spacial score (nSPS) is 20.0. The molecule has 0 radical (unpaired) electrons. The van der Waals surface area contributed by atoms with Crippen LogP contribution in [-0.2, 0) is 4.79 Å². The summed E-state index contributed by atoms with van der Waals surface area (Å²) in [5, 5.41) is 5.93. The van der Waals surface area contributed by atoms with Crippen molar-refractivity contribution in [2.75, 3.05) is 31.6 Å². The van der Waals surface area contributed by atoms with Crippen LogP contribution in [0.5, 0.6) is 5.88 Å². The van der Waals surface area contributed by atoms with E-state index in [-0.39, 0.29) is 29.5 Å². The lowest BCUT2D eigenvalue weighted by atomic mass is 9.85. The van der Waals surface area contributed by atoms with Gasteiger partial charge in [-0.2, -0.15) is 0 Å². The average molecular weight is 551 g/mol. The molecule has 2 aromatic heterocycles. The number of piperidine rings is 1. The first kappa shape index (κ1) is 28.0. The van der Waals surface area contributed by atoms with Crippen LogP contribution >= 0.6 is 0 Å². The molecular weight excluding hydrogens is 511 g/mol. The number of pyridine rings is 1. The monoisotopic (exact) mass is 550 g/mol. The number of ether oxygens (including phenoxy) is 1. The lowest BCUT2D eigenvalue weighted by molar-refractivity contribution is -0.126. The zero-order valence-corrected chi connectivity index (χ0v) is 23.4. The summed E-state index contributed by atoms with van der Waals surface area (Å²) in [7, 11) is 0. The van der Waals surface area contributed by atoms with Crippen LogP contribution in [0.2, 0.25) is 0 Å². The third-order valence-corrected chi connectivity index (χ3v) is 7.83. The average Bonchev–Trinajstić information content (AvgIpc) is 3.30. The van der Waals surface area contributed by atoms with Crippen LogP contribution in [0.3, 0.4) is 0 Å². The minimum absolute atomic E-state index is 0.0273. The highest BCUT2D eigenvalue weighted by molar-refractivity contribution is 6.04. The fourth-order valence-corrected chi connectivity index (χ4v) is 5.78. The first-order chi connectivity index (χ1) is 19.4. The van der Waals surface area contributed by atoms with Crippen molar-refractivity contribution in [3.8, 4) is 5.88 Å². The van der Waals surface area contributed by atoms with E-state index in [1.807, 2.05) is 24.5 Å². The van der Waals surface area contributed by atoms with Crippen LogP contribution in [0.25, 0.3) is 11.0 Å². The summed E-state index contributed by atoms with van der Waals surface area (Å²) in [6.07, 6.45) is 8.43. The molecule has 5 rings (SSSR count). The quantitative estimate of drug-likeness (QED) is 0.391. The molecule has 2 fully saturated rings. The van der Waals surface area contributed by atoms with Gasteiger partial charge in [0.15, 0.2) is 0 Å². The maximum Gasteiger partial charge on any atom is 0.258 e. The van der Waals surface area contributed by atoms with Crippen molar-refractivity contribution in [3.05, 3.63) is 47.9 Å². The first-order valence-electron chi connectivity index (χ1n) is 14.5. The Kier molecular flexibility index (Phi) is 8.94. The maximum absolute atomic E-state index is 13.8. The fraction of sp³-hybridized carbons (Fsp3) is 0.533. The van der Waals surface area contributed by atoms with Gasteiger partial charge in [0.2, 0.25) is 17.7 Å². The lowest BCUT2D eigenvalue weighted by Crippen LogP contribution is -2.37. The first-order valence-corrected chi connectivity index (χ1v) is 14.5. The summed E-state index contributed by atoms with van der Waals surface area (Å²) in [5.74, 6) is 0.0401. The summed E-state index contributed by atoms with van der Waals surface area (Å²) < 4.78 is 21.9. The van der Waals surface area contributed by atoms with Gasteiger partial charge in [0.25, 0.3) is 5.91 Å². The molecule has 9 nitrogen and oxygen atoms in total. The van der Waals surface area contributed by atoms with Gasteiger partial charge in [0.05, 0.1) is 11.7 Å². The van der Waals surface area contributed by atoms with Crippen LogP contribution in [0, 0.1) is 11.7 Å². The lowest BCUT2D eigenvalue weighted by Gasteiger charge is -2.30. The number of benzene rings is 1. The molecule has 10 heteroatoms. The van der Waals surface area contributed by atoms with Gasteiger partial charge in [-0.05, 0) is 83.7 Å². The molecule has 40 heavy (non-hydrogen) atoms. The predicted octanol–water partition coefficient (Wildman–Crippen LogP) is 4.94. The molecule has 1 saturated carbocycles. The zero-order valence-electron chi connectivity index (χ0n) is 23.4. The van der Waals surface area contributed by atoms with E-state index in [0.717, 1.165) is 50.8 Å². The molecule has 1 aliphatic carbocycles. The highest BCUT2D eigenvalue weighted by Gasteiger charge is 2.30. The van der Waals surface area contributed by atoms with Crippen molar-refractivity contribution in [2.45, 2.75) is 70.9 Å².